The first kappa shape index (κ1) is 13.5. The number of likely N-dealkylation sites (N-methyl/N-ethyl adjacent to an activating group) is 1. The number of nitrogens with one attached hydrogen (secondary N) is 1. The molecule has 0 saturated heterocycles. The quantitative estimate of drug-likeness (QED) is 0.850. The van der Waals surface area contributed by atoms with Gasteiger partial charge in [-0.1, -0.05) is 37.6 Å². The smallest absolute Gasteiger partial charge is 0.0945 e. The lowest BCUT2D eigenvalue weighted by molar-refractivity contribution is 0.110. The van der Waals surface area contributed by atoms with Crippen LogP contribution in [0.4, 0.5) is 0 Å². The number of aryl methyl sites for hydroxylation is 1. The number of benzene rings is 1. The molecule has 0 aliphatic rings. The molecule has 0 saturated carbocycles. The summed E-state index contributed by atoms with van der Waals surface area (Å²) in [6.45, 7) is 6.13. The molecule has 1 aromatic carbocycles. The second-order valence-corrected chi connectivity index (χ2v) is 4.92. The summed E-state index contributed by atoms with van der Waals surface area (Å²) in [7, 11) is 1.87. The van der Waals surface area contributed by atoms with E-state index in [1.165, 1.54) is 0 Å². The van der Waals surface area contributed by atoms with E-state index in [2.05, 4.69) is 19.2 Å². The number of aliphatic hydroxyl groups is 1. The van der Waals surface area contributed by atoms with Crippen molar-refractivity contribution >= 4 is 11.6 Å². The number of hydrogen-bond acceptors (Lipinski definition) is 2. The molecule has 0 aliphatic carbocycles. The monoisotopic (exact) mass is 241 g/mol. The zero-order valence-corrected chi connectivity index (χ0v) is 11.0. The van der Waals surface area contributed by atoms with Gasteiger partial charge in [0.1, 0.15) is 0 Å². The summed E-state index contributed by atoms with van der Waals surface area (Å²) in [5.74, 6) is 0.371. The van der Waals surface area contributed by atoms with E-state index in [9.17, 15) is 5.11 Å². The van der Waals surface area contributed by atoms with Crippen molar-refractivity contribution in [1.29, 1.82) is 0 Å². The SMILES string of the molecule is CNC(C(C)C)C(O)c1ccc(Cl)c(C)c1. The zero-order chi connectivity index (χ0) is 12.3. The van der Waals surface area contributed by atoms with Crippen LogP contribution in [0, 0.1) is 12.8 Å². The van der Waals surface area contributed by atoms with Crippen LogP contribution < -0.4 is 5.32 Å². The summed E-state index contributed by atoms with van der Waals surface area (Å²) >= 11 is 5.96. The first-order valence-electron chi connectivity index (χ1n) is 5.58. The number of hydrogen-bond donors (Lipinski definition) is 2. The minimum Gasteiger partial charge on any atom is -0.387 e. The lowest BCUT2D eigenvalue weighted by Crippen LogP contribution is -2.36. The van der Waals surface area contributed by atoms with Gasteiger partial charge in [-0.25, -0.2) is 0 Å². The van der Waals surface area contributed by atoms with E-state index in [1.807, 2.05) is 32.2 Å². The average molecular weight is 242 g/mol. The van der Waals surface area contributed by atoms with Crippen molar-refractivity contribution in [3.05, 3.63) is 34.3 Å². The number of rotatable bonds is 4. The molecule has 0 bridgehead atoms. The Balaban J connectivity index is 2.94. The molecule has 16 heavy (non-hydrogen) atoms. The van der Waals surface area contributed by atoms with Crippen LogP contribution in [0.25, 0.3) is 0 Å². The van der Waals surface area contributed by atoms with Crippen LogP contribution in [0.1, 0.15) is 31.1 Å². The molecule has 0 aliphatic heterocycles. The average Bonchev–Trinajstić information content (AvgIpc) is 2.22. The summed E-state index contributed by atoms with van der Waals surface area (Å²) in [6.07, 6.45) is -0.499. The Bertz CT molecular complexity index is 352. The van der Waals surface area contributed by atoms with Gasteiger partial charge in [0.25, 0.3) is 0 Å². The van der Waals surface area contributed by atoms with Gasteiger partial charge in [0.2, 0.25) is 0 Å². The molecule has 2 atom stereocenters. The summed E-state index contributed by atoms with van der Waals surface area (Å²) in [6, 6.07) is 5.72. The van der Waals surface area contributed by atoms with Crippen molar-refractivity contribution in [3.63, 3.8) is 0 Å². The summed E-state index contributed by atoms with van der Waals surface area (Å²) < 4.78 is 0. The third-order valence-electron chi connectivity index (χ3n) is 2.92. The number of halogens is 1. The maximum absolute atomic E-state index is 10.3. The minimum atomic E-state index is -0.499. The van der Waals surface area contributed by atoms with E-state index in [1.54, 1.807) is 0 Å². The molecule has 2 unspecified atom stereocenters. The molecule has 0 spiro atoms. The van der Waals surface area contributed by atoms with Gasteiger partial charge in [-0.2, -0.15) is 0 Å². The van der Waals surface area contributed by atoms with Gasteiger partial charge in [0.15, 0.2) is 0 Å². The maximum Gasteiger partial charge on any atom is 0.0945 e. The Kier molecular flexibility index (Phi) is 4.78. The van der Waals surface area contributed by atoms with Crippen molar-refractivity contribution in [2.45, 2.75) is 32.9 Å². The highest BCUT2D eigenvalue weighted by Crippen LogP contribution is 2.25. The van der Waals surface area contributed by atoms with Gasteiger partial charge >= 0.3 is 0 Å². The second-order valence-electron chi connectivity index (χ2n) is 4.51. The molecule has 3 heteroatoms. The maximum atomic E-state index is 10.3. The van der Waals surface area contributed by atoms with Crippen molar-refractivity contribution in [1.82, 2.24) is 5.32 Å². The molecular weight excluding hydrogens is 222 g/mol. The van der Waals surface area contributed by atoms with Crippen LogP contribution >= 0.6 is 11.6 Å². The van der Waals surface area contributed by atoms with Crippen LogP contribution in [0.5, 0.6) is 0 Å². The fraction of sp³-hybridized carbons (Fsp3) is 0.538. The molecule has 0 aromatic heterocycles. The van der Waals surface area contributed by atoms with Crippen LogP contribution in [0.2, 0.25) is 5.02 Å². The fourth-order valence-corrected chi connectivity index (χ4v) is 2.03. The molecular formula is C13H20ClNO. The van der Waals surface area contributed by atoms with Gasteiger partial charge in [-0.15, -0.1) is 0 Å². The van der Waals surface area contributed by atoms with Gasteiger partial charge in [-0.3, -0.25) is 0 Å². The van der Waals surface area contributed by atoms with E-state index in [0.29, 0.717) is 5.92 Å². The first-order valence-corrected chi connectivity index (χ1v) is 5.96. The predicted octanol–water partition coefficient (Wildman–Crippen LogP) is 2.93. The van der Waals surface area contributed by atoms with Crippen LogP contribution in [-0.4, -0.2) is 18.2 Å². The Morgan fingerprint density at radius 3 is 2.38 bits per heavy atom. The first-order chi connectivity index (χ1) is 7.47. The van der Waals surface area contributed by atoms with Crippen LogP contribution in [0.3, 0.4) is 0 Å². The highest BCUT2D eigenvalue weighted by Gasteiger charge is 2.22. The lowest BCUT2D eigenvalue weighted by Gasteiger charge is -2.26. The Hall–Kier alpha value is -0.570. The molecule has 0 amide bonds. The standard InChI is InChI=1S/C13H20ClNO/c1-8(2)12(15-4)13(16)10-5-6-11(14)9(3)7-10/h5-8,12-13,15-16H,1-4H3. The fourth-order valence-electron chi connectivity index (χ4n) is 1.91. The normalized spacial score (nSPS) is 15.2. The number of aliphatic hydroxyl groups excluding tert-OH is 1. The molecule has 0 fully saturated rings. The van der Waals surface area contributed by atoms with E-state index in [0.717, 1.165) is 16.1 Å². The van der Waals surface area contributed by atoms with Crippen molar-refractivity contribution in [2.75, 3.05) is 7.05 Å². The van der Waals surface area contributed by atoms with Gasteiger partial charge in [-0.05, 0) is 37.1 Å². The molecule has 90 valence electrons. The molecule has 0 heterocycles. The van der Waals surface area contributed by atoms with Crippen molar-refractivity contribution in [2.24, 2.45) is 5.92 Å². The molecule has 2 nitrogen and oxygen atoms in total. The zero-order valence-electron chi connectivity index (χ0n) is 10.3. The molecule has 2 N–H and O–H groups in total. The third kappa shape index (κ3) is 2.97. The van der Waals surface area contributed by atoms with Gasteiger partial charge < -0.3 is 10.4 Å². The molecule has 1 aromatic rings. The summed E-state index contributed by atoms with van der Waals surface area (Å²) in [4.78, 5) is 0. The largest absolute Gasteiger partial charge is 0.387 e. The highest BCUT2D eigenvalue weighted by molar-refractivity contribution is 6.31. The Morgan fingerprint density at radius 2 is 1.94 bits per heavy atom. The predicted molar refractivity (Wildman–Crippen MR) is 68.8 cm³/mol. The van der Waals surface area contributed by atoms with E-state index >= 15 is 0 Å². The minimum absolute atomic E-state index is 0.0561. The van der Waals surface area contributed by atoms with E-state index < -0.39 is 6.10 Å². The van der Waals surface area contributed by atoms with Gasteiger partial charge in [0, 0.05) is 11.1 Å². The van der Waals surface area contributed by atoms with E-state index in [4.69, 9.17) is 11.6 Å². The Labute approximate surface area is 103 Å². The summed E-state index contributed by atoms with van der Waals surface area (Å²) in [5.41, 5.74) is 1.91. The van der Waals surface area contributed by atoms with E-state index in [-0.39, 0.29) is 6.04 Å². The van der Waals surface area contributed by atoms with Crippen molar-refractivity contribution < 1.29 is 5.11 Å². The van der Waals surface area contributed by atoms with Crippen LogP contribution in [-0.2, 0) is 0 Å². The highest BCUT2D eigenvalue weighted by atomic mass is 35.5. The molecule has 1 rings (SSSR count). The third-order valence-corrected chi connectivity index (χ3v) is 3.34. The van der Waals surface area contributed by atoms with Crippen molar-refractivity contribution in [3.8, 4) is 0 Å². The van der Waals surface area contributed by atoms with Gasteiger partial charge in [0.05, 0.1) is 6.10 Å². The Morgan fingerprint density at radius 1 is 1.31 bits per heavy atom. The lowest BCUT2D eigenvalue weighted by atomic mass is 9.93. The topological polar surface area (TPSA) is 32.3 Å². The van der Waals surface area contributed by atoms with Crippen LogP contribution in [0.15, 0.2) is 18.2 Å². The second kappa shape index (κ2) is 5.67. The summed E-state index contributed by atoms with van der Waals surface area (Å²) in [5, 5.41) is 14.1. The molecule has 0 radical (unpaired) electrons.